The van der Waals surface area contributed by atoms with Crippen molar-refractivity contribution in [3.8, 4) is 0 Å². The molecule has 4 heteroatoms. The fraction of sp³-hybridized carbons (Fsp3) is 0.741. The van der Waals surface area contributed by atoms with E-state index in [-0.39, 0.29) is 23.6 Å². The normalized spacial score (nSPS) is 46.3. The van der Waals surface area contributed by atoms with E-state index in [9.17, 15) is 4.79 Å². The summed E-state index contributed by atoms with van der Waals surface area (Å²) in [6.07, 6.45) is 9.87. The van der Waals surface area contributed by atoms with Crippen LogP contribution in [-0.2, 0) is 20.7 Å². The molecule has 2 aliphatic carbocycles. The third kappa shape index (κ3) is 3.64. The number of benzene rings is 1. The van der Waals surface area contributed by atoms with Gasteiger partial charge in [-0.25, -0.2) is 0 Å². The average Bonchev–Trinajstić information content (AvgIpc) is 3.47. The Morgan fingerprint density at radius 2 is 1.90 bits per heavy atom. The monoisotopic (exact) mass is 424 g/mol. The van der Waals surface area contributed by atoms with Crippen molar-refractivity contribution in [2.24, 2.45) is 29.1 Å². The van der Waals surface area contributed by atoms with Gasteiger partial charge < -0.3 is 14.4 Å². The molecule has 3 saturated heterocycles. The number of quaternary nitrogens is 1. The number of ether oxygens (including phenoxy) is 2. The highest BCUT2D eigenvalue weighted by atomic mass is 16.6. The fourth-order valence-electron chi connectivity index (χ4n) is 7.94. The molecule has 0 aromatic heterocycles. The van der Waals surface area contributed by atoms with Crippen LogP contribution < -0.4 is 4.90 Å². The number of epoxide rings is 1. The molecule has 1 aromatic rings. The van der Waals surface area contributed by atoms with Crippen LogP contribution in [0, 0.1) is 29.1 Å². The van der Waals surface area contributed by atoms with Gasteiger partial charge in [0.05, 0.1) is 31.8 Å². The molecule has 5 fully saturated rings. The third-order valence-corrected chi connectivity index (χ3v) is 9.77. The topological polar surface area (TPSA) is 43.3 Å². The van der Waals surface area contributed by atoms with Crippen LogP contribution in [0.25, 0.3) is 0 Å². The molecule has 6 rings (SSSR count). The molecular weight excluding hydrogens is 386 g/mol. The van der Waals surface area contributed by atoms with Crippen LogP contribution in [0.5, 0.6) is 0 Å². The standard InChI is InChI=1S/C27H37NO3/c1-26-10-5-11-27(18-30-27)24(26)15-21-22(25(29)31-23(21)16-26)17-28-12-8-20(9-13-28)14-19-6-3-2-4-7-19/h2-4,6-7,20-24H,5,8-18H2,1H3/p+1/t21-,22-,23-,24-,26-,27+/m1/s1. The second-order valence-corrected chi connectivity index (χ2v) is 11.7. The maximum absolute atomic E-state index is 12.9. The Balaban J connectivity index is 1.08. The number of piperidine rings is 1. The summed E-state index contributed by atoms with van der Waals surface area (Å²) in [6, 6.07) is 10.9. The molecule has 4 nitrogen and oxygen atoms in total. The van der Waals surface area contributed by atoms with E-state index < -0.39 is 0 Å². The number of fused-ring (bicyclic) bond motifs is 3. The molecule has 0 unspecified atom stereocenters. The lowest BCUT2D eigenvalue weighted by Gasteiger charge is -2.51. The first-order valence-corrected chi connectivity index (χ1v) is 12.8. The Hall–Kier alpha value is -1.39. The number of nitrogens with one attached hydrogen (secondary N) is 1. The number of hydrogen-bond donors (Lipinski definition) is 1. The van der Waals surface area contributed by atoms with Gasteiger partial charge in [-0.05, 0) is 74.2 Å². The van der Waals surface area contributed by atoms with Crippen molar-refractivity contribution in [3.05, 3.63) is 35.9 Å². The van der Waals surface area contributed by atoms with Crippen LogP contribution in [0.15, 0.2) is 30.3 Å². The Bertz CT molecular complexity index is 813. The zero-order valence-corrected chi connectivity index (χ0v) is 19.0. The summed E-state index contributed by atoms with van der Waals surface area (Å²) in [6.45, 7) is 6.78. The third-order valence-electron chi connectivity index (χ3n) is 9.77. The Kier molecular flexibility index (Phi) is 4.95. The van der Waals surface area contributed by atoms with Crippen molar-refractivity contribution in [1.29, 1.82) is 0 Å². The van der Waals surface area contributed by atoms with E-state index in [2.05, 4.69) is 37.3 Å². The van der Waals surface area contributed by atoms with Gasteiger partial charge in [-0.1, -0.05) is 37.3 Å². The molecule has 1 aromatic carbocycles. The highest BCUT2D eigenvalue weighted by Crippen LogP contribution is 2.62. The fourth-order valence-corrected chi connectivity index (χ4v) is 7.94. The van der Waals surface area contributed by atoms with Crippen molar-refractivity contribution >= 4 is 5.97 Å². The van der Waals surface area contributed by atoms with Gasteiger partial charge in [-0.15, -0.1) is 0 Å². The first-order chi connectivity index (χ1) is 15.0. The van der Waals surface area contributed by atoms with Gasteiger partial charge in [-0.3, -0.25) is 4.79 Å². The lowest BCUT2D eigenvalue weighted by atomic mass is 9.53. The van der Waals surface area contributed by atoms with Crippen molar-refractivity contribution < 1.29 is 19.2 Å². The Labute approximate surface area is 186 Å². The smallest absolute Gasteiger partial charge is 0.315 e. The highest BCUT2D eigenvalue weighted by molar-refractivity contribution is 5.75. The van der Waals surface area contributed by atoms with Crippen LogP contribution in [0.2, 0.25) is 0 Å². The van der Waals surface area contributed by atoms with Gasteiger partial charge in [0.15, 0.2) is 0 Å². The van der Waals surface area contributed by atoms with E-state index in [1.54, 1.807) is 4.90 Å². The van der Waals surface area contributed by atoms with E-state index in [0.717, 1.165) is 31.9 Å². The van der Waals surface area contributed by atoms with Crippen molar-refractivity contribution in [2.75, 3.05) is 26.2 Å². The van der Waals surface area contributed by atoms with Crippen molar-refractivity contribution in [1.82, 2.24) is 0 Å². The second kappa shape index (κ2) is 7.59. The summed E-state index contributed by atoms with van der Waals surface area (Å²) in [5.41, 5.74) is 1.91. The summed E-state index contributed by atoms with van der Waals surface area (Å²) in [4.78, 5) is 14.6. The minimum absolute atomic E-state index is 0.0990. The summed E-state index contributed by atoms with van der Waals surface area (Å²) >= 11 is 0. The van der Waals surface area contributed by atoms with Gasteiger partial charge in [0.1, 0.15) is 12.0 Å². The molecule has 1 N–H and O–H groups in total. The molecule has 0 amide bonds. The minimum atomic E-state index is 0.0990. The number of rotatable bonds is 4. The van der Waals surface area contributed by atoms with Crippen molar-refractivity contribution in [3.63, 3.8) is 0 Å². The van der Waals surface area contributed by atoms with E-state index in [0.29, 0.717) is 17.3 Å². The maximum Gasteiger partial charge on any atom is 0.315 e. The summed E-state index contributed by atoms with van der Waals surface area (Å²) in [5.74, 6) is 2.03. The quantitative estimate of drug-likeness (QED) is 0.597. The summed E-state index contributed by atoms with van der Waals surface area (Å²) < 4.78 is 12.1. The lowest BCUT2D eigenvalue weighted by Crippen LogP contribution is -3.14. The average molecular weight is 425 g/mol. The zero-order valence-electron chi connectivity index (χ0n) is 19.0. The Morgan fingerprint density at radius 3 is 2.65 bits per heavy atom. The first-order valence-electron chi connectivity index (χ1n) is 12.8. The van der Waals surface area contributed by atoms with E-state index in [1.165, 1.54) is 57.2 Å². The minimum Gasteiger partial charge on any atom is -0.462 e. The molecule has 168 valence electrons. The number of likely N-dealkylation sites (tertiary alicyclic amines) is 1. The van der Waals surface area contributed by atoms with Crippen LogP contribution >= 0.6 is 0 Å². The molecule has 6 atom stereocenters. The molecule has 1 spiro atoms. The molecule has 0 radical (unpaired) electrons. The maximum atomic E-state index is 12.9. The predicted octanol–water partition coefficient (Wildman–Crippen LogP) is 3.05. The zero-order chi connectivity index (χ0) is 21.1. The van der Waals surface area contributed by atoms with E-state index >= 15 is 0 Å². The van der Waals surface area contributed by atoms with Gasteiger partial charge in [-0.2, -0.15) is 0 Å². The van der Waals surface area contributed by atoms with Crippen LogP contribution in [0.1, 0.15) is 57.4 Å². The van der Waals surface area contributed by atoms with Crippen molar-refractivity contribution in [2.45, 2.75) is 70.0 Å². The van der Waals surface area contributed by atoms with Crippen LogP contribution in [-0.4, -0.2) is 43.9 Å². The number of carbonyl (C=O) groups excluding carboxylic acids is 1. The number of carbonyl (C=O) groups is 1. The van der Waals surface area contributed by atoms with Gasteiger partial charge in [0.25, 0.3) is 0 Å². The van der Waals surface area contributed by atoms with E-state index in [1.807, 2.05) is 0 Å². The van der Waals surface area contributed by atoms with E-state index in [4.69, 9.17) is 9.47 Å². The molecule has 3 heterocycles. The first kappa shape index (κ1) is 20.2. The Morgan fingerprint density at radius 1 is 1.13 bits per heavy atom. The summed E-state index contributed by atoms with van der Waals surface area (Å²) in [7, 11) is 0. The molecule has 0 bridgehead atoms. The SMILES string of the molecule is C[C@]12CCC[C@]3(CO3)[C@@H]1C[C@H]1[C@@H](C2)OC(=O)[C@@H]1C[NH+]1CCC(Cc2ccccc2)CC1. The number of esters is 1. The molecule has 3 aliphatic heterocycles. The lowest BCUT2D eigenvalue weighted by molar-refractivity contribution is -0.908. The second-order valence-electron chi connectivity index (χ2n) is 11.7. The van der Waals surface area contributed by atoms with Crippen LogP contribution in [0.3, 0.4) is 0 Å². The molecule has 31 heavy (non-hydrogen) atoms. The predicted molar refractivity (Wildman–Crippen MR) is 119 cm³/mol. The van der Waals surface area contributed by atoms with Gasteiger partial charge >= 0.3 is 5.97 Å². The van der Waals surface area contributed by atoms with Gasteiger partial charge in [0, 0.05) is 5.92 Å². The summed E-state index contributed by atoms with van der Waals surface area (Å²) in [5, 5.41) is 0. The van der Waals surface area contributed by atoms with Gasteiger partial charge in [0.2, 0.25) is 0 Å². The van der Waals surface area contributed by atoms with Crippen LogP contribution in [0.4, 0.5) is 0 Å². The number of hydrogen-bond acceptors (Lipinski definition) is 3. The molecule has 5 aliphatic rings. The largest absolute Gasteiger partial charge is 0.462 e. The molecular formula is C27H38NO3+. The highest BCUT2D eigenvalue weighted by Gasteiger charge is 2.65. The molecule has 2 saturated carbocycles.